The molecule has 0 radical (unpaired) electrons. The molecule has 1 nitrogen and oxygen atoms in total. The van der Waals surface area contributed by atoms with Crippen LogP contribution in [0.2, 0.25) is 20.1 Å². The maximum Gasteiger partial charge on any atom is 0.117 e. The van der Waals surface area contributed by atoms with Gasteiger partial charge in [-0.3, -0.25) is 0 Å². The lowest BCUT2D eigenvalue weighted by molar-refractivity contribution is 0.475. The fourth-order valence-corrected chi connectivity index (χ4v) is 2.35. The fourth-order valence-electron chi connectivity index (χ4n) is 1.48. The first kappa shape index (κ1) is 12.8. The van der Waals surface area contributed by atoms with E-state index in [1.165, 1.54) is 6.07 Å². The summed E-state index contributed by atoms with van der Waals surface area (Å²) in [5.41, 5.74) is 1.34. The summed E-state index contributed by atoms with van der Waals surface area (Å²) in [5.74, 6) is 0.0645. The van der Waals surface area contributed by atoms with E-state index in [0.717, 1.165) is 0 Å². The number of benzene rings is 2. The third-order valence-electron chi connectivity index (χ3n) is 2.23. The van der Waals surface area contributed by atoms with Crippen molar-refractivity contribution in [2.24, 2.45) is 0 Å². The first-order valence-corrected chi connectivity index (χ1v) is 6.13. The van der Waals surface area contributed by atoms with Crippen LogP contribution in [0.3, 0.4) is 0 Å². The van der Waals surface area contributed by atoms with Crippen molar-refractivity contribution >= 4 is 46.4 Å². The third-order valence-corrected chi connectivity index (χ3v) is 3.74. The van der Waals surface area contributed by atoms with Gasteiger partial charge in [-0.2, -0.15) is 0 Å². The molecule has 2 aromatic carbocycles. The SMILES string of the molecule is Oc1cc(Cl)cc(-c2ccc(Cl)c(Cl)c2Cl)c1. The zero-order chi connectivity index (χ0) is 12.6. The molecule has 17 heavy (non-hydrogen) atoms. The minimum Gasteiger partial charge on any atom is -0.508 e. The van der Waals surface area contributed by atoms with E-state index in [2.05, 4.69) is 0 Å². The van der Waals surface area contributed by atoms with Crippen molar-refractivity contribution in [2.45, 2.75) is 0 Å². The maximum atomic E-state index is 9.48. The molecule has 0 unspecified atom stereocenters. The van der Waals surface area contributed by atoms with E-state index >= 15 is 0 Å². The smallest absolute Gasteiger partial charge is 0.117 e. The molecule has 0 atom stereocenters. The van der Waals surface area contributed by atoms with Gasteiger partial charge < -0.3 is 5.11 Å². The molecule has 0 aliphatic rings. The summed E-state index contributed by atoms with van der Waals surface area (Å²) >= 11 is 23.8. The molecule has 2 rings (SSSR count). The summed E-state index contributed by atoms with van der Waals surface area (Å²) in [6.07, 6.45) is 0. The number of phenolic OH excluding ortho intramolecular Hbond substituents is 1. The first-order valence-electron chi connectivity index (χ1n) is 4.62. The average molecular weight is 308 g/mol. The van der Waals surface area contributed by atoms with Crippen LogP contribution in [0.15, 0.2) is 30.3 Å². The second kappa shape index (κ2) is 4.95. The van der Waals surface area contributed by atoms with Gasteiger partial charge in [0.2, 0.25) is 0 Å². The molecule has 0 fully saturated rings. The van der Waals surface area contributed by atoms with Crippen molar-refractivity contribution in [3.05, 3.63) is 50.4 Å². The predicted molar refractivity (Wildman–Crippen MR) is 73.6 cm³/mol. The molecule has 0 aliphatic carbocycles. The number of halogens is 4. The molecule has 0 amide bonds. The van der Waals surface area contributed by atoms with Crippen LogP contribution in [0.5, 0.6) is 5.75 Å². The molecule has 0 bridgehead atoms. The van der Waals surface area contributed by atoms with E-state index in [9.17, 15) is 5.11 Å². The fraction of sp³-hybridized carbons (Fsp3) is 0. The van der Waals surface area contributed by atoms with Gasteiger partial charge in [-0.25, -0.2) is 0 Å². The van der Waals surface area contributed by atoms with Gasteiger partial charge in [0.05, 0.1) is 15.1 Å². The Morgan fingerprint density at radius 1 is 0.824 bits per heavy atom. The molecule has 0 aromatic heterocycles. The van der Waals surface area contributed by atoms with Crippen LogP contribution in [0.25, 0.3) is 11.1 Å². The van der Waals surface area contributed by atoms with Crippen LogP contribution in [-0.2, 0) is 0 Å². The van der Waals surface area contributed by atoms with Gasteiger partial charge in [0.1, 0.15) is 5.75 Å². The van der Waals surface area contributed by atoms with Crippen molar-refractivity contribution in [3.63, 3.8) is 0 Å². The number of hydrogen-bond acceptors (Lipinski definition) is 1. The zero-order valence-corrected chi connectivity index (χ0v) is 11.4. The van der Waals surface area contributed by atoms with E-state index in [1.807, 2.05) is 0 Å². The second-order valence-corrected chi connectivity index (χ2v) is 5.02. The average Bonchev–Trinajstić information content (AvgIpc) is 2.24. The molecule has 0 saturated carbocycles. The topological polar surface area (TPSA) is 20.2 Å². The molecular formula is C12H6Cl4O. The van der Waals surface area contributed by atoms with E-state index in [0.29, 0.717) is 26.2 Å². The van der Waals surface area contributed by atoms with Gasteiger partial charge in [-0.1, -0.05) is 52.5 Å². The Morgan fingerprint density at radius 3 is 2.18 bits per heavy atom. The van der Waals surface area contributed by atoms with Crippen molar-refractivity contribution in [3.8, 4) is 16.9 Å². The van der Waals surface area contributed by atoms with Crippen LogP contribution in [0.4, 0.5) is 0 Å². The molecular weight excluding hydrogens is 302 g/mol. The number of rotatable bonds is 1. The Balaban J connectivity index is 2.64. The van der Waals surface area contributed by atoms with Crippen molar-refractivity contribution in [1.82, 2.24) is 0 Å². The summed E-state index contributed by atoms with van der Waals surface area (Å²) < 4.78 is 0. The van der Waals surface area contributed by atoms with Gasteiger partial charge in [0.25, 0.3) is 0 Å². The molecule has 0 heterocycles. The van der Waals surface area contributed by atoms with E-state index in [4.69, 9.17) is 46.4 Å². The Morgan fingerprint density at radius 2 is 1.53 bits per heavy atom. The first-order chi connectivity index (χ1) is 7.99. The van der Waals surface area contributed by atoms with Crippen molar-refractivity contribution < 1.29 is 5.11 Å². The largest absolute Gasteiger partial charge is 0.508 e. The highest BCUT2D eigenvalue weighted by Crippen LogP contribution is 2.39. The number of aromatic hydroxyl groups is 1. The monoisotopic (exact) mass is 306 g/mol. The lowest BCUT2D eigenvalue weighted by Crippen LogP contribution is -1.82. The number of phenols is 1. The van der Waals surface area contributed by atoms with E-state index in [1.54, 1.807) is 24.3 Å². The van der Waals surface area contributed by atoms with Crippen LogP contribution in [-0.4, -0.2) is 5.11 Å². The van der Waals surface area contributed by atoms with Crippen molar-refractivity contribution in [2.75, 3.05) is 0 Å². The minimum atomic E-state index is 0.0645. The second-order valence-electron chi connectivity index (χ2n) is 3.42. The van der Waals surface area contributed by atoms with Crippen LogP contribution in [0.1, 0.15) is 0 Å². The molecule has 5 heteroatoms. The summed E-state index contributed by atoms with van der Waals surface area (Å²) in [5, 5.41) is 10.9. The number of hydrogen-bond donors (Lipinski definition) is 1. The third kappa shape index (κ3) is 2.63. The van der Waals surface area contributed by atoms with Gasteiger partial charge >= 0.3 is 0 Å². The van der Waals surface area contributed by atoms with E-state index < -0.39 is 0 Å². The van der Waals surface area contributed by atoms with Crippen LogP contribution < -0.4 is 0 Å². The van der Waals surface area contributed by atoms with Gasteiger partial charge in [0.15, 0.2) is 0 Å². The van der Waals surface area contributed by atoms with Gasteiger partial charge in [0, 0.05) is 10.6 Å². The summed E-state index contributed by atoms with van der Waals surface area (Å²) in [4.78, 5) is 0. The normalized spacial score (nSPS) is 10.6. The molecule has 1 N–H and O–H groups in total. The Hall–Kier alpha value is -0.600. The summed E-state index contributed by atoms with van der Waals surface area (Å²) in [7, 11) is 0. The molecule has 0 aliphatic heterocycles. The maximum absolute atomic E-state index is 9.48. The zero-order valence-electron chi connectivity index (χ0n) is 8.35. The lowest BCUT2D eigenvalue weighted by atomic mass is 10.1. The highest BCUT2D eigenvalue weighted by Gasteiger charge is 2.11. The molecule has 88 valence electrons. The van der Waals surface area contributed by atoms with Gasteiger partial charge in [-0.05, 0) is 29.8 Å². The molecule has 0 saturated heterocycles. The van der Waals surface area contributed by atoms with Crippen molar-refractivity contribution in [1.29, 1.82) is 0 Å². The quantitative estimate of drug-likeness (QED) is 0.673. The molecule has 2 aromatic rings. The summed E-state index contributed by atoms with van der Waals surface area (Å²) in [6.45, 7) is 0. The minimum absolute atomic E-state index is 0.0645. The summed E-state index contributed by atoms with van der Waals surface area (Å²) in [6, 6.07) is 8.05. The Labute approximate surface area is 118 Å². The van der Waals surface area contributed by atoms with Crippen LogP contribution >= 0.6 is 46.4 Å². The Bertz CT molecular complexity index is 561. The molecule has 0 spiro atoms. The van der Waals surface area contributed by atoms with Crippen LogP contribution in [0, 0.1) is 0 Å². The van der Waals surface area contributed by atoms with E-state index in [-0.39, 0.29) is 10.8 Å². The highest BCUT2D eigenvalue weighted by molar-refractivity contribution is 6.49. The Kier molecular flexibility index (Phi) is 3.74. The standard InChI is InChI=1S/C12H6Cl4O/c13-7-3-6(4-8(17)5-7)9-1-2-10(14)12(16)11(9)15/h1-5,17H. The highest BCUT2D eigenvalue weighted by atomic mass is 35.5. The predicted octanol–water partition coefficient (Wildman–Crippen LogP) is 5.67. The van der Waals surface area contributed by atoms with Gasteiger partial charge in [-0.15, -0.1) is 0 Å². The lowest BCUT2D eigenvalue weighted by Gasteiger charge is -2.08.